The first-order chi connectivity index (χ1) is 8.09. The van der Waals surface area contributed by atoms with Crippen molar-refractivity contribution in [1.82, 2.24) is 9.97 Å². The summed E-state index contributed by atoms with van der Waals surface area (Å²) in [5.41, 5.74) is 0.0577. The van der Waals surface area contributed by atoms with Crippen LogP contribution in [-0.2, 0) is 0 Å². The first kappa shape index (κ1) is 10.7. The number of nitrogens with one attached hydrogen (secondary N) is 1. The molecule has 8 nitrogen and oxygen atoms in total. The van der Waals surface area contributed by atoms with Crippen molar-refractivity contribution in [2.75, 3.05) is 0 Å². The largest absolute Gasteiger partial charge is 0.358 e. The first-order valence-electron chi connectivity index (χ1n) is 4.53. The number of aromatic nitrogens is 2. The van der Waals surface area contributed by atoms with Crippen LogP contribution in [0, 0.1) is 20.2 Å². The van der Waals surface area contributed by atoms with Gasteiger partial charge in [-0.1, -0.05) is 12.1 Å². The molecule has 0 saturated heterocycles. The molecule has 1 heterocycles. The van der Waals surface area contributed by atoms with Crippen LogP contribution < -0.4 is 0 Å². The Morgan fingerprint density at radius 2 is 1.82 bits per heavy atom. The van der Waals surface area contributed by atoms with Gasteiger partial charge in [0.25, 0.3) is 5.69 Å². The highest BCUT2D eigenvalue weighted by atomic mass is 16.6. The molecule has 0 atom stereocenters. The molecule has 1 aromatic heterocycles. The number of hydrogen-bond donors (Lipinski definition) is 1. The van der Waals surface area contributed by atoms with Gasteiger partial charge in [-0.2, -0.15) is 0 Å². The fraction of sp³-hybridized carbons (Fsp3) is 0. The van der Waals surface area contributed by atoms with E-state index in [2.05, 4.69) is 9.97 Å². The van der Waals surface area contributed by atoms with Gasteiger partial charge in [0.15, 0.2) is 0 Å². The number of imidazole rings is 1. The average molecular weight is 234 g/mol. The lowest BCUT2D eigenvalue weighted by Crippen LogP contribution is -1.93. The molecule has 17 heavy (non-hydrogen) atoms. The van der Waals surface area contributed by atoms with Crippen molar-refractivity contribution in [3.05, 3.63) is 50.7 Å². The molecule has 0 amide bonds. The second-order valence-electron chi connectivity index (χ2n) is 3.15. The average Bonchev–Trinajstić information content (AvgIpc) is 2.78. The van der Waals surface area contributed by atoms with E-state index in [-0.39, 0.29) is 22.9 Å². The molecule has 0 aliphatic rings. The minimum atomic E-state index is -0.648. The number of nitrogens with zero attached hydrogens (tertiary/aromatic N) is 3. The highest BCUT2D eigenvalue weighted by Crippen LogP contribution is 2.27. The number of H-pyrrole nitrogens is 1. The normalized spacial score (nSPS) is 10.1. The number of aromatic amines is 1. The van der Waals surface area contributed by atoms with Crippen molar-refractivity contribution < 1.29 is 9.85 Å². The van der Waals surface area contributed by atoms with E-state index < -0.39 is 9.85 Å². The van der Waals surface area contributed by atoms with Crippen LogP contribution in [0.15, 0.2) is 30.5 Å². The van der Waals surface area contributed by atoms with Gasteiger partial charge in [0.05, 0.1) is 4.92 Å². The Morgan fingerprint density at radius 1 is 1.12 bits per heavy atom. The summed E-state index contributed by atoms with van der Waals surface area (Å²) in [4.78, 5) is 26.2. The van der Waals surface area contributed by atoms with E-state index in [4.69, 9.17) is 0 Å². The van der Waals surface area contributed by atoms with E-state index in [0.717, 1.165) is 6.20 Å². The number of para-hydroxylation sites is 1. The van der Waals surface area contributed by atoms with E-state index >= 15 is 0 Å². The van der Waals surface area contributed by atoms with Gasteiger partial charge in [-0.15, -0.1) is 0 Å². The molecule has 1 aromatic carbocycles. The van der Waals surface area contributed by atoms with Crippen molar-refractivity contribution in [2.45, 2.75) is 0 Å². The van der Waals surface area contributed by atoms with Gasteiger partial charge in [-0.05, 0) is 11.0 Å². The summed E-state index contributed by atoms with van der Waals surface area (Å²) in [6, 6.07) is 5.89. The molecule has 0 bridgehead atoms. The molecule has 0 saturated carbocycles. The highest BCUT2D eigenvalue weighted by Gasteiger charge is 2.20. The van der Waals surface area contributed by atoms with Crippen LogP contribution in [0.2, 0.25) is 0 Å². The molecule has 0 aliphatic carbocycles. The third kappa shape index (κ3) is 1.95. The lowest BCUT2D eigenvalue weighted by atomic mass is 10.2. The van der Waals surface area contributed by atoms with E-state index in [0.29, 0.717) is 0 Å². The zero-order chi connectivity index (χ0) is 12.4. The van der Waals surface area contributed by atoms with Crippen molar-refractivity contribution >= 4 is 11.5 Å². The second-order valence-corrected chi connectivity index (χ2v) is 3.15. The van der Waals surface area contributed by atoms with E-state index in [1.807, 2.05) is 0 Å². The zero-order valence-electron chi connectivity index (χ0n) is 8.36. The lowest BCUT2D eigenvalue weighted by molar-refractivity contribution is -0.389. The third-order valence-corrected chi connectivity index (χ3v) is 2.11. The molecule has 0 fully saturated rings. The summed E-state index contributed by atoms with van der Waals surface area (Å²) < 4.78 is 0. The van der Waals surface area contributed by atoms with Crippen LogP contribution in [0.4, 0.5) is 11.5 Å². The Hall–Kier alpha value is -2.77. The SMILES string of the molecule is O=[N+]([O-])c1cnc(-c2ccccc2[N+](=O)[O-])[nH]1. The first-order valence-corrected chi connectivity index (χ1v) is 4.53. The van der Waals surface area contributed by atoms with Crippen LogP contribution in [0.1, 0.15) is 0 Å². The van der Waals surface area contributed by atoms with E-state index in [1.54, 1.807) is 6.07 Å². The van der Waals surface area contributed by atoms with Gasteiger partial charge in [0, 0.05) is 6.07 Å². The Kier molecular flexibility index (Phi) is 2.53. The Balaban J connectivity index is 2.52. The third-order valence-electron chi connectivity index (χ3n) is 2.11. The number of nitro groups is 2. The van der Waals surface area contributed by atoms with E-state index in [1.165, 1.54) is 18.2 Å². The smallest absolute Gasteiger partial charge is 0.340 e. The summed E-state index contributed by atoms with van der Waals surface area (Å²) >= 11 is 0. The lowest BCUT2D eigenvalue weighted by Gasteiger charge is -1.96. The van der Waals surface area contributed by atoms with Gasteiger partial charge < -0.3 is 10.1 Å². The Bertz CT molecular complexity index is 592. The van der Waals surface area contributed by atoms with Crippen LogP contribution in [0.3, 0.4) is 0 Å². The standard InChI is InChI=1S/C9H6N4O4/c14-12(15)7-4-2-1-3-6(7)9-10-5-8(11-9)13(16)17/h1-5H,(H,10,11). The number of nitro benzene ring substituents is 1. The number of hydrogen-bond acceptors (Lipinski definition) is 5. The van der Waals surface area contributed by atoms with Crippen molar-refractivity contribution in [1.29, 1.82) is 0 Å². The summed E-state index contributed by atoms with van der Waals surface area (Å²) in [6.07, 6.45) is 1.02. The van der Waals surface area contributed by atoms with Gasteiger partial charge in [-0.3, -0.25) is 10.1 Å². The molecule has 0 radical (unpaired) electrons. The van der Waals surface area contributed by atoms with Gasteiger partial charge in [-0.25, -0.2) is 9.97 Å². The van der Waals surface area contributed by atoms with Crippen LogP contribution in [0.25, 0.3) is 11.4 Å². The van der Waals surface area contributed by atoms with E-state index in [9.17, 15) is 20.2 Å². The van der Waals surface area contributed by atoms with Crippen molar-refractivity contribution in [3.8, 4) is 11.4 Å². The minimum absolute atomic E-state index is 0.101. The molecule has 0 spiro atoms. The second kappa shape index (κ2) is 4.00. The molecule has 86 valence electrons. The maximum absolute atomic E-state index is 10.8. The van der Waals surface area contributed by atoms with Crippen LogP contribution >= 0.6 is 0 Å². The predicted molar refractivity (Wildman–Crippen MR) is 57.3 cm³/mol. The fourth-order valence-corrected chi connectivity index (χ4v) is 1.37. The van der Waals surface area contributed by atoms with Crippen LogP contribution in [-0.4, -0.2) is 19.8 Å². The zero-order valence-corrected chi connectivity index (χ0v) is 8.36. The maximum atomic E-state index is 10.8. The summed E-state index contributed by atoms with van der Waals surface area (Å²) in [5.74, 6) is -0.206. The Labute approximate surface area is 94.2 Å². The molecular formula is C9H6N4O4. The summed E-state index contributed by atoms with van der Waals surface area (Å²) in [6.45, 7) is 0. The Morgan fingerprint density at radius 3 is 2.41 bits per heavy atom. The molecule has 8 heteroatoms. The fourth-order valence-electron chi connectivity index (χ4n) is 1.37. The summed E-state index contributed by atoms with van der Waals surface area (Å²) in [5, 5.41) is 21.2. The van der Waals surface area contributed by atoms with Crippen molar-refractivity contribution in [3.63, 3.8) is 0 Å². The quantitative estimate of drug-likeness (QED) is 0.643. The predicted octanol–water partition coefficient (Wildman–Crippen LogP) is 1.89. The van der Waals surface area contributed by atoms with Crippen LogP contribution in [0.5, 0.6) is 0 Å². The molecule has 1 N–H and O–H groups in total. The number of rotatable bonds is 3. The molecule has 0 aliphatic heterocycles. The summed E-state index contributed by atoms with van der Waals surface area (Å²) in [7, 11) is 0. The van der Waals surface area contributed by atoms with Crippen molar-refractivity contribution in [2.24, 2.45) is 0 Å². The monoisotopic (exact) mass is 234 g/mol. The molecule has 2 rings (SSSR count). The number of benzene rings is 1. The van der Waals surface area contributed by atoms with Gasteiger partial charge >= 0.3 is 5.82 Å². The van der Waals surface area contributed by atoms with Gasteiger partial charge in [0.1, 0.15) is 11.8 Å². The van der Waals surface area contributed by atoms with Gasteiger partial charge in [0.2, 0.25) is 5.82 Å². The highest BCUT2D eigenvalue weighted by molar-refractivity contribution is 5.68. The topological polar surface area (TPSA) is 115 Å². The maximum Gasteiger partial charge on any atom is 0.340 e. The minimum Gasteiger partial charge on any atom is -0.358 e. The molecule has 0 unspecified atom stereocenters. The molecular weight excluding hydrogens is 228 g/mol. The molecule has 2 aromatic rings.